The van der Waals surface area contributed by atoms with E-state index in [0.29, 0.717) is 19.8 Å². The molecular weight excluding hydrogens is 239 g/mol. The number of phosphoric ester groups is 1. The first kappa shape index (κ1) is 11.4. The molecule has 0 unspecified atom stereocenters. The molecule has 92 valence electrons. The molecule has 4 nitrogen and oxygen atoms in total. The third kappa shape index (κ3) is 2.18. The van der Waals surface area contributed by atoms with Crippen LogP contribution in [-0.2, 0) is 24.6 Å². The van der Waals surface area contributed by atoms with Crippen LogP contribution < -0.4 is 0 Å². The highest BCUT2D eigenvalue weighted by atomic mass is 31.2. The normalized spacial score (nSPS) is 36.1. The number of hydrogen-bond donors (Lipinski definition) is 0. The Morgan fingerprint density at radius 3 is 2.47 bits per heavy atom. The lowest BCUT2D eigenvalue weighted by molar-refractivity contribution is -0.0933. The van der Waals surface area contributed by atoms with Gasteiger partial charge in [-0.2, -0.15) is 0 Å². The van der Waals surface area contributed by atoms with Crippen LogP contribution in [0, 0.1) is 12.3 Å². The minimum Gasteiger partial charge on any atom is -0.286 e. The first-order valence-corrected chi connectivity index (χ1v) is 7.15. The van der Waals surface area contributed by atoms with Crippen LogP contribution in [0.15, 0.2) is 24.3 Å². The molecule has 5 heteroatoms. The van der Waals surface area contributed by atoms with Gasteiger partial charge >= 0.3 is 7.82 Å². The van der Waals surface area contributed by atoms with Crippen molar-refractivity contribution in [3.63, 3.8) is 0 Å². The fraction of sp³-hybridized carbons (Fsp3) is 0.500. The van der Waals surface area contributed by atoms with Gasteiger partial charge in [-0.05, 0) is 18.9 Å². The predicted molar refractivity (Wildman–Crippen MR) is 62.8 cm³/mol. The first-order chi connectivity index (χ1) is 8.09. The van der Waals surface area contributed by atoms with Crippen molar-refractivity contribution in [3.8, 4) is 0 Å². The zero-order valence-corrected chi connectivity index (χ0v) is 10.6. The lowest BCUT2D eigenvalue weighted by Crippen LogP contribution is -2.46. The molecule has 4 rings (SSSR count). The summed E-state index contributed by atoms with van der Waals surface area (Å²) in [6, 6.07) is 8.35. The summed E-state index contributed by atoms with van der Waals surface area (Å²) in [7, 11) is -3.19. The van der Waals surface area contributed by atoms with Crippen molar-refractivity contribution in [1.29, 1.82) is 0 Å². The third-order valence-corrected chi connectivity index (χ3v) is 4.58. The Balaban J connectivity index is 1.79. The predicted octanol–water partition coefficient (Wildman–Crippen LogP) is 2.71. The molecule has 0 aliphatic carbocycles. The van der Waals surface area contributed by atoms with Gasteiger partial charge in [0.15, 0.2) is 0 Å². The number of hydrogen-bond acceptors (Lipinski definition) is 4. The second-order valence-electron chi connectivity index (χ2n) is 4.93. The smallest absolute Gasteiger partial charge is 0.286 e. The van der Waals surface area contributed by atoms with Crippen molar-refractivity contribution in [2.75, 3.05) is 19.8 Å². The Morgan fingerprint density at radius 1 is 1.24 bits per heavy atom. The Hall–Kier alpha value is -0.670. The molecule has 0 N–H and O–H groups in total. The Bertz CT molecular complexity index is 454. The van der Waals surface area contributed by atoms with Gasteiger partial charge in [0.2, 0.25) is 0 Å². The van der Waals surface area contributed by atoms with Gasteiger partial charge < -0.3 is 0 Å². The second-order valence-corrected chi connectivity index (χ2v) is 6.60. The molecule has 0 spiro atoms. The minimum absolute atomic E-state index is 0.181. The molecule has 17 heavy (non-hydrogen) atoms. The van der Waals surface area contributed by atoms with Crippen molar-refractivity contribution >= 4 is 7.82 Å². The molecule has 0 saturated carbocycles. The maximum atomic E-state index is 11.6. The van der Waals surface area contributed by atoms with E-state index in [-0.39, 0.29) is 5.41 Å². The largest absolute Gasteiger partial charge is 0.474 e. The molecule has 3 aliphatic rings. The summed E-state index contributed by atoms with van der Waals surface area (Å²) in [6.45, 7) is 3.44. The fourth-order valence-electron chi connectivity index (χ4n) is 2.29. The zero-order chi connectivity index (χ0) is 11.9. The molecule has 3 aliphatic heterocycles. The topological polar surface area (TPSA) is 44.8 Å². The van der Waals surface area contributed by atoms with E-state index in [1.807, 2.05) is 6.07 Å². The van der Waals surface area contributed by atoms with E-state index in [1.165, 1.54) is 11.1 Å². The van der Waals surface area contributed by atoms with Crippen LogP contribution in [0.4, 0.5) is 0 Å². The molecule has 1 aromatic rings. The van der Waals surface area contributed by atoms with Gasteiger partial charge in [-0.1, -0.05) is 29.8 Å². The van der Waals surface area contributed by atoms with Gasteiger partial charge in [0.1, 0.15) is 0 Å². The Morgan fingerprint density at radius 2 is 1.88 bits per heavy atom. The maximum Gasteiger partial charge on any atom is 0.474 e. The van der Waals surface area contributed by atoms with Gasteiger partial charge in [0.25, 0.3) is 0 Å². The van der Waals surface area contributed by atoms with E-state index in [0.717, 1.165) is 6.42 Å². The number of fused-ring (bicyclic) bond motifs is 3. The molecule has 3 heterocycles. The van der Waals surface area contributed by atoms with E-state index >= 15 is 0 Å². The van der Waals surface area contributed by atoms with Crippen molar-refractivity contribution in [3.05, 3.63) is 35.4 Å². The van der Waals surface area contributed by atoms with E-state index in [4.69, 9.17) is 13.6 Å². The molecule has 2 bridgehead atoms. The SMILES string of the molecule is Cc1cccc(CC23COP(=O)(OC2)OC3)c1. The number of aryl methyl sites for hydroxylation is 1. The highest BCUT2D eigenvalue weighted by Crippen LogP contribution is 2.60. The second kappa shape index (κ2) is 3.92. The summed E-state index contributed by atoms with van der Waals surface area (Å²) in [6.07, 6.45) is 0.828. The van der Waals surface area contributed by atoms with E-state index in [2.05, 4.69) is 25.1 Å². The van der Waals surface area contributed by atoms with Crippen molar-refractivity contribution in [2.45, 2.75) is 13.3 Å². The molecule has 0 amide bonds. The van der Waals surface area contributed by atoms with Crippen LogP contribution in [0.2, 0.25) is 0 Å². The van der Waals surface area contributed by atoms with Gasteiger partial charge in [0, 0.05) is 5.41 Å². The molecule has 0 atom stereocenters. The van der Waals surface area contributed by atoms with Crippen LogP contribution in [-0.4, -0.2) is 19.8 Å². The molecular formula is C12H15O4P. The lowest BCUT2D eigenvalue weighted by Gasteiger charge is -2.44. The average molecular weight is 254 g/mol. The van der Waals surface area contributed by atoms with Crippen molar-refractivity contribution < 1.29 is 18.1 Å². The average Bonchev–Trinajstić information content (AvgIpc) is 2.31. The van der Waals surface area contributed by atoms with Crippen LogP contribution >= 0.6 is 7.82 Å². The Labute approximate surface area is 100 Å². The summed E-state index contributed by atoms with van der Waals surface area (Å²) in [5, 5.41) is 0. The van der Waals surface area contributed by atoms with Gasteiger partial charge in [-0.3, -0.25) is 13.6 Å². The van der Waals surface area contributed by atoms with Gasteiger partial charge in [-0.15, -0.1) is 0 Å². The van der Waals surface area contributed by atoms with Gasteiger partial charge in [-0.25, -0.2) is 4.57 Å². The lowest BCUT2D eigenvalue weighted by atomic mass is 9.83. The molecule has 0 aromatic heterocycles. The third-order valence-electron chi connectivity index (χ3n) is 3.25. The highest BCUT2D eigenvalue weighted by Gasteiger charge is 2.50. The molecule has 3 saturated heterocycles. The minimum atomic E-state index is -3.19. The molecule has 0 radical (unpaired) electrons. The van der Waals surface area contributed by atoms with Crippen LogP contribution in [0.3, 0.4) is 0 Å². The zero-order valence-electron chi connectivity index (χ0n) is 9.72. The summed E-state index contributed by atoms with van der Waals surface area (Å²) in [5.41, 5.74) is 2.29. The molecule has 1 aromatic carbocycles. The summed E-state index contributed by atoms with van der Waals surface area (Å²) < 4.78 is 27.2. The highest BCUT2D eigenvalue weighted by molar-refractivity contribution is 7.48. The standard InChI is InChI=1S/C12H15O4P/c1-10-3-2-4-11(5-10)6-12-7-14-17(13,15-8-12)16-9-12/h2-5H,6-9H2,1H3. The summed E-state index contributed by atoms with van der Waals surface area (Å²) in [4.78, 5) is 0. The first-order valence-electron chi connectivity index (χ1n) is 5.69. The number of benzene rings is 1. The van der Waals surface area contributed by atoms with Gasteiger partial charge in [0.05, 0.1) is 19.8 Å². The summed E-state index contributed by atoms with van der Waals surface area (Å²) in [5.74, 6) is 0. The van der Waals surface area contributed by atoms with Crippen molar-refractivity contribution in [1.82, 2.24) is 0 Å². The Kier molecular flexibility index (Phi) is 2.64. The monoisotopic (exact) mass is 254 g/mol. The van der Waals surface area contributed by atoms with E-state index in [9.17, 15) is 4.57 Å². The van der Waals surface area contributed by atoms with Crippen LogP contribution in [0.25, 0.3) is 0 Å². The maximum absolute atomic E-state index is 11.6. The van der Waals surface area contributed by atoms with Crippen LogP contribution in [0.1, 0.15) is 11.1 Å². The number of rotatable bonds is 2. The van der Waals surface area contributed by atoms with Crippen LogP contribution in [0.5, 0.6) is 0 Å². The fourth-order valence-corrected chi connectivity index (χ4v) is 3.81. The number of phosphoric acid groups is 1. The molecule has 3 fully saturated rings. The summed E-state index contributed by atoms with van der Waals surface area (Å²) >= 11 is 0. The van der Waals surface area contributed by atoms with E-state index < -0.39 is 7.82 Å². The van der Waals surface area contributed by atoms with Crippen molar-refractivity contribution in [2.24, 2.45) is 5.41 Å². The van der Waals surface area contributed by atoms with E-state index in [1.54, 1.807) is 0 Å². The quantitative estimate of drug-likeness (QED) is 0.761.